The van der Waals surface area contributed by atoms with Crippen LogP contribution in [-0.2, 0) is 26.7 Å². The van der Waals surface area contributed by atoms with E-state index in [1.165, 1.54) is 30.2 Å². The van der Waals surface area contributed by atoms with Gasteiger partial charge in [0.1, 0.15) is 0 Å². The third-order valence-electron chi connectivity index (χ3n) is 3.20. The predicted molar refractivity (Wildman–Crippen MR) is 123 cm³/mol. The van der Waals surface area contributed by atoms with Crippen LogP contribution in [0.5, 0.6) is 0 Å². The van der Waals surface area contributed by atoms with Crippen LogP contribution in [0.1, 0.15) is 0 Å². The first kappa shape index (κ1) is 17.1. The summed E-state index contributed by atoms with van der Waals surface area (Å²) in [5, 5.41) is 3.79. The van der Waals surface area contributed by atoms with E-state index in [0.29, 0.717) is 27.6 Å². The first-order valence-electron chi connectivity index (χ1n) is 6.26. The molecule has 10 heteroatoms. The van der Waals surface area contributed by atoms with Crippen molar-refractivity contribution in [1.82, 2.24) is 0 Å². The van der Waals surface area contributed by atoms with Gasteiger partial charge in [0.05, 0.1) is 0 Å². The largest absolute Gasteiger partial charge is 0.0936 e. The molecule has 0 aliphatic rings. The van der Waals surface area contributed by atoms with Crippen LogP contribution in [-0.4, -0.2) is 0 Å². The molecule has 0 amide bonds. The van der Waals surface area contributed by atoms with Crippen molar-refractivity contribution in [1.29, 1.82) is 0 Å². The van der Waals surface area contributed by atoms with Crippen LogP contribution in [0.15, 0.2) is 24.3 Å². The zero-order chi connectivity index (χ0) is 14.3. The molecule has 1 aromatic carbocycles. The molecule has 2 heterocycles. The second kappa shape index (κ2) is 7.41. The van der Waals surface area contributed by atoms with Crippen LogP contribution in [0.4, 0.5) is 0 Å². The first-order chi connectivity index (χ1) is 9.59. The number of benzene rings is 1. The van der Waals surface area contributed by atoms with Gasteiger partial charge in [-0.05, 0) is 52.6 Å². The van der Waals surface area contributed by atoms with Gasteiger partial charge in [0, 0.05) is 10.6 Å². The third-order valence-corrected chi connectivity index (χ3v) is 75.2. The Labute approximate surface area is 132 Å². The van der Waals surface area contributed by atoms with Crippen LogP contribution in [0.25, 0.3) is 10.6 Å². The van der Waals surface area contributed by atoms with Crippen LogP contribution in [0.2, 0.25) is 0 Å². The summed E-state index contributed by atoms with van der Waals surface area (Å²) in [5.74, 6) is 0. The molecule has 2 aromatic heterocycles. The topological polar surface area (TPSA) is 0 Å². The quantitative estimate of drug-likeness (QED) is 0.365. The van der Waals surface area contributed by atoms with Gasteiger partial charge in [0.15, 0.2) is 0 Å². The Balaban J connectivity index is 2.30. The predicted octanol–water partition coefficient (Wildman–Crippen LogP) is 10.1. The maximum absolute atomic E-state index is 2.62. The van der Waals surface area contributed by atoms with E-state index in [9.17, 15) is 0 Å². The monoisotopic (exact) mass is 450 g/mol. The number of hydrogen-bond acceptors (Lipinski definition) is 0. The Kier molecular flexibility index (Phi) is 6.32. The Morgan fingerprint density at radius 2 is 0.900 bits per heavy atom. The lowest BCUT2D eigenvalue weighted by Crippen LogP contribution is -1.68. The molecule has 3 rings (SSSR count). The van der Waals surface area contributed by atoms with Gasteiger partial charge in [-0.1, -0.05) is 69.9 Å². The summed E-state index contributed by atoms with van der Waals surface area (Å²) in [5.41, 5.74) is 0. The molecule has 0 fully saturated rings. The number of aryl methyl sites for hydroxylation is 4. The van der Waals surface area contributed by atoms with E-state index >= 15 is 0 Å². The van der Waals surface area contributed by atoms with E-state index in [1.807, 2.05) is 10.6 Å². The lowest BCUT2D eigenvalue weighted by Gasteiger charge is -2.13. The number of rotatable bonds is 2. The molecule has 20 heavy (non-hydrogen) atoms. The normalized spacial score (nSPS) is 18.0. The van der Waals surface area contributed by atoms with Crippen LogP contribution < -0.4 is 0 Å². The van der Waals surface area contributed by atoms with Crippen molar-refractivity contribution in [3.05, 3.63) is 24.3 Å². The van der Waals surface area contributed by atoms with Gasteiger partial charge in [-0.25, -0.2) is 0 Å². The lowest BCUT2D eigenvalue weighted by molar-refractivity contribution is 1.81. The average molecular weight is 450 g/mol. The molecular weight excluding hydrogens is 430 g/mol. The first-order valence-corrected chi connectivity index (χ1v) is 28.3. The molecule has 0 radical (unpaired) electrons. The smallest absolute Gasteiger partial charge is 0.0178 e. The van der Waals surface area contributed by atoms with Gasteiger partial charge in [0.2, 0.25) is 0 Å². The fourth-order valence-corrected chi connectivity index (χ4v) is 113. The molecule has 0 saturated heterocycles. The SMILES string of the molecule is Cp1[pH][pH]p(C)p1-c1ccccc1-p1p(C)[pH][pH]p1C. The van der Waals surface area contributed by atoms with Gasteiger partial charge >= 0.3 is 0 Å². The molecule has 0 spiro atoms. The zero-order valence-corrected chi connectivity index (χ0v) is 21.4. The Morgan fingerprint density at radius 3 is 1.20 bits per heavy atom. The highest BCUT2D eigenvalue weighted by Crippen LogP contribution is 2.84. The van der Waals surface area contributed by atoms with Crippen molar-refractivity contribution in [3.8, 4) is 10.6 Å². The summed E-state index contributed by atoms with van der Waals surface area (Å²) in [7, 11) is 5.34. The Bertz CT molecular complexity index is 666. The summed E-state index contributed by atoms with van der Waals surface area (Å²) in [4.78, 5) is 0. The molecule has 0 N–H and O–H groups in total. The van der Waals surface area contributed by atoms with Crippen molar-refractivity contribution in [2.75, 3.05) is 0 Å². The van der Waals surface area contributed by atoms with Crippen molar-refractivity contribution in [3.63, 3.8) is 0 Å². The average Bonchev–Trinajstić information content (AvgIpc) is 2.93. The van der Waals surface area contributed by atoms with E-state index in [0.717, 1.165) is 0 Å². The minimum absolute atomic E-state index is 0.260. The van der Waals surface area contributed by atoms with Crippen molar-refractivity contribution in [2.24, 2.45) is 26.7 Å². The van der Waals surface area contributed by atoms with Gasteiger partial charge in [-0.15, -0.1) is 0 Å². The fraction of sp³-hybridized carbons (Fsp3) is 0.400. The summed E-state index contributed by atoms with van der Waals surface area (Å²) in [6.07, 6.45) is 0. The molecule has 8 unspecified atom stereocenters. The Morgan fingerprint density at radius 1 is 0.600 bits per heavy atom. The fourth-order valence-electron chi connectivity index (χ4n) is 2.33. The molecular formula is C10H20P10. The second-order valence-electron chi connectivity index (χ2n) is 4.61. The summed E-state index contributed by atoms with van der Waals surface area (Å²) in [6.45, 7) is 12.4. The molecule has 3 aromatic rings. The lowest BCUT2D eigenvalue weighted by atomic mass is 10.4. The van der Waals surface area contributed by atoms with Gasteiger partial charge in [0.25, 0.3) is 0 Å². The van der Waals surface area contributed by atoms with E-state index in [-0.39, 0.29) is 13.8 Å². The summed E-state index contributed by atoms with van der Waals surface area (Å²) >= 11 is 0. The maximum Gasteiger partial charge on any atom is 0.0178 e. The highest BCUT2D eigenvalue weighted by Gasteiger charge is 2.14. The van der Waals surface area contributed by atoms with Crippen LogP contribution in [0.3, 0.4) is 0 Å². The van der Waals surface area contributed by atoms with Crippen molar-refractivity contribution < 1.29 is 0 Å². The minimum Gasteiger partial charge on any atom is -0.0936 e. The van der Waals surface area contributed by atoms with E-state index in [1.54, 1.807) is 0 Å². The number of hydrogen-bond donors (Lipinski definition) is 0. The van der Waals surface area contributed by atoms with Crippen LogP contribution >= 0.6 is 71.5 Å². The standard InChI is InChI=1S/C10H20P10/c1-15-11-12-16(2)19(15)9-7-5-6-8-10(9)20-17(3)13-14-18(20)4/h5-8,11-14H,1-4H3. The second-order valence-corrected chi connectivity index (χ2v) is 49.0. The minimum atomic E-state index is 0.260. The van der Waals surface area contributed by atoms with Gasteiger partial charge < -0.3 is 0 Å². The van der Waals surface area contributed by atoms with E-state index in [2.05, 4.69) is 50.9 Å². The Hall–Kier alpha value is 2.22. The maximum atomic E-state index is 2.62. The molecule has 8 atom stereocenters. The molecule has 0 aliphatic carbocycles. The summed E-state index contributed by atoms with van der Waals surface area (Å²) in [6, 6.07) is 9.78. The molecule has 0 aliphatic heterocycles. The highest BCUT2D eigenvalue weighted by atomic mass is 32.6. The van der Waals surface area contributed by atoms with Crippen LogP contribution in [0, 0.1) is 0 Å². The molecule has 110 valence electrons. The molecule has 0 bridgehead atoms. The zero-order valence-electron chi connectivity index (χ0n) is 12.0. The summed E-state index contributed by atoms with van der Waals surface area (Å²) < 4.78 is 0. The van der Waals surface area contributed by atoms with Gasteiger partial charge in [-0.2, -0.15) is 0 Å². The van der Waals surface area contributed by atoms with Crippen molar-refractivity contribution in [2.45, 2.75) is 0 Å². The highest BCUT2D eigenvalue weighted by molar-refractivity contribution is 8.69. The van der Waals surface area contributed by atoms with Gasteiger partial charge in [-0.3, -0.25) is 0 Å². The van der Waals surface area contributed by atoms with Crippen molar-refractivity contribution >= 4 is 71.5 Å². The molecule has 0 saturated carbocycles. The van der Waals surface area contributed by atoms with E-state index < -0.39 is 0 Å². The van der Waals surface area contributed by atoms with E-state index in [4.69, 9.17) is 0 Å². The third kappa shape index (κ3) is 3.35. The molecule has 0 nitrogen and oxygen atoms in total.